The van der Waals surface area contributed by atoms with Crippen LogP contribution in [0.25, 0.3) is 0 Å². The molecule has 0 aliphatic rings. The molecule has 6 nitrogen and oxygen atoms in total. The second-order valence-corrected chi connectivity index (χ2v) is 14.0. The monoisotopic (exact) mass is 603 g/mol. The number of unbranched alkanes of at least 4 members (excludes halogenated alkanes) is 24. The normalized spacial score (nSPS) is 13.4. The quantitative estimate of drug-likeness (QED) is 0.0524. The molecular formula is C34H69NO5S. The van der Waals surface area contributed by atoms with Crippen molar-refractivity contribution in [2.75, 3.05) is 5.75 Å². The predicted molar refractivity (Wildman–Crippen MR) is 175 cm³/mol. The molecule has 0 saturated carbocycles. The van der Waals surface area contributed by atoms with Crippen LogP contribution in [0.3, 0.4) is 0 Å². The van der Waals surface area contributed by atoms with Crippen molar-refractivity contribution in [3.8, 4) is 0 Å². The van der Waals surface area contributed by atoms with Crippen molar-refractivity contribution >= 4 is 16.0 Å². The Morgan fingerprint density at radius 1 is 0.561 bits per heavy atom. The Bertz CT molecular complexity index is 670. The summed E-state index contributed by atoms with van der Waals surface area (Å²) in [4.78, 5) is 12.4. The van der Waals surface area contributed by atoms with Crippen LogP contribution in [-0.2, 0) is 14.9 Å². The van der Waals surface area contributed by atoms with Crippen molar-refractivity contribution in [3.05, 3.63) is 0 Å². The lowest BCUT2D eigenvalue weighted by Crippen LogP contribution is -2.47. The third-order valence-electron chi connectivity index (χ3n) is 8.31. The topological polar surface area (TPSA) is 104 Å². The van der Waals surface area contributed by atoms with Crippen LogP contribution >= 0.6 is 0 Å². The molecule has 0 aliphatic heterocycles. The summed E-state index contributed by atoms with van der Waals surface area (Å²) in [6.45, 7) is 4.44. The molecule has 0 radical (unpaired) electrons. The molecule has 0 spiro atoms. The lowest BCUT2D eigenvalue weighted by Gasteiger charge is -2.23. The maximum absolute atomic E-state index is 12.4. The fourth-order valence-electron chi connectivity index (χ4n) is 5.63. The standard InChI is InChI=1S/C34H69NO5S/c1-3-5-7-9-11-12-13-14-15-16-17-18-19-20-21-22-23-24-26-28-30-34(37)35-32(31-41(38,39)40)33(36)29-27-25-10-8-6-4-2/h32-33,36H,3-31H2,1-2H3,(H,35,37)(H,38,39,40). The van der Waals surface area contributed by atoms with E-state index in [2.05, 4.69) is 19.2 Å². The number of nitrogens with one attached hydrogen (secondary N) is 1. The first-order valence-electron chi connectivity index (χ1n) is 17.7. The first-order valence-corrected chi connectivity index (χ1v) is 19.3. The molecule has 0 bridgehead atoms. The Morgan fingerprint density at radius 3 is 1.22 bits per heavy atom. The van der Waals surface area contributed by atoms with Gasteiger partial charge in [-0.15, -0.1) is 0 Å². The molecular weight excluding hydrogens is 534 g/mol. The summed E-state index contributed by atoms with van der Waals surface area (Å²) in [5.41, 5.74) is 0. The number of aliphatic hydroxyl groups is 1. The Morgan fingerprint density at radius 2 is 0.878 bits per heavy atom. The van der Waals surface area contributed by atoms with Crippen molar-refractivity contribution in [1.29, 1.82) is 0 Å². The van der Waals surface area contributed by atoms with Crippen LogP contribution in [0.1, 0.15) is 194 Å². The first-order chi connectivity index (χ1) is 19.8. The second-order valence-electron chi connectivity index (χ2n) is 12.5. The predicted octanol–water partition coefficient (Wildman–Crippen LogP) is 9.68. The minimum absolute atomic E-state index is 0.247. The van der Waals surface area contributed by atoms with Gasteiger partial charge in [0, 0.05) is 6.42 Å². The summed E-state index contributed by atoms with van der Waals surface area (Å²) in [6, 6.07) is -0.960. The van der Waals surface area contributed by atoms with Gasteiger partial charge in [-0.25, -0.2) is 0 Å². The van der Waals surface area contributed by atoms with E-state index in [9.17, 15) is 22.9 Å². The van der Waals surface area contributed by atoms with E-state index in [1.54, 1.807) is 0 Å². The lowest BCUT2D eigenvalue weighted by atomic mass is 10.0. The van der Waals surface area contributed by atoms with Crippen molar-refractivity contribution < 1.29 is 22.9 Å². The summed E-state index contributed by atoms with van der Waals surface area (Å²) >= 11 is 0. The van der Waals surface area contributed by atoms with Crippen LogP contribution in [-0.4, -0.2) is 41.9 Å². The van der Waals surface area contributed by atoms with E-state index in [1.807, 2.05) is 0 Å². The van der Waals surface area contributed by atoms with Gasteiger partial charge in [0.2, 0.25) is 5.91 Å². The fourth-order valence-corrected chi connectivity index (χ4v) is 6.39. The van der Waals surface area contributed by atoms with Crippen molar-refractivity contribution in [2.24, 2.45) is 0 Å². The summed E-state index contributed by atoms with van der Waals surface area (Å²) in [5, 5.41) is 13.1. The number of carbonyl (C=O) groups excluding carboxylic acids is 1. The van der Waals surface area contributed by atoms with E-state index in [0.29, 0.717) is 12.8 Å². The number of hydrogen-bond donors (Lipinski definition) is 3. The smallest absolute Gasteiger partial charge is 0.266 e. The molecule has 0 saturated heterocycles. The molecule has 246 valence electrons. The van der Waals surface area contributed by atoms with Gasteiger partial charge in [-0.2, -0.15) is 8.42 Å². The molecule has 41 heavy (non-hydrogen) atoms. The summed E-state index contributed by atoms with van der Waals surface area (Å²) in [6.07, 6.45) is 32.3. The zero-order valence-corrected chi connectivity index (χ0v) is 28.0. The molecule has 2 atom stereocenters. The average molecular weight is 604 g/mol. The molecule has 0 rings (SSSR count). The van der Waals surface area contributed by atoms with Gasteiger partial charge in [0.15, 0.2) is 0 Å². The van der Waals surface area contributed by atoms with E-state index in [4.69, 9.17) is 0 Å². The molecule has 0 fully saturated rings. The van der Waals surface area contributed by atoms with Crippen LogP contribution in [0.2, 0.25) is 0 Å². The third-order valence-corrected chi connectivity index (χ3v) is 9.09. The Kier molecular flexibility index (Phi) is 28.9. The van der Waals surface area contributed by atoms with Gasteiger partial charge in [0.1, 0.15) is 0 Å². The van der Waals surface area contributed by atoms with Crippen LogP contribution in [0.4, 0.5) is 0 Å². The first kappa shape index (κ1) is 40.3. The largest absolute Gasteiger partial charge is 0.391 e. The SMILES string of the molecule is CCCCCCCCCCCCCCCCCCCCCCC(=O)NC(CS(=O)(=O)O)C(O)CCCCCCCC. The Labute approximate surface area is 255 Å². The second kappa shape index (κ2) is 29.4. The number of aliphatic hydroxyl groups excluding tert-OH is 1. The van der Waals surface area contributed by atoms with Crippen LogP contribution < -0.4 is 5.32 Å². The zero-order valence-electron chi connectivity index (χ0n) is 27.2. The Balaban J connectivity index is 3.71. The number of hydrogen-bond acceptors (Lipinski definition) is 4. The number of amides is 1. The van der Waals surface area contributed by atoms with Crippen LogP contribution in [0.5, 0.6) is 0 Å². The zero-order chi connectivity index (χ0) is 30.4. The van der Waals surface area contributed by atoms with Gasteiger partial charge >= 0.3 is 0 Å². The lowest BCUT2D eigenvalue weighted by molar-refractivity contribution is -0.122. The molecule has 0 aliphatic carbocycles. The van der Waals surface area contributed by atoms with Gasteiger partial charge in [-0.3, -0.25) is 9.35 Å². The molecule has 0 heterocycles. The molecule has 3 N–H and O–H groups in total. The molecule has 0 aromatic rings. The summed E-state index contributed by atoms with van der Waals surface area (Å²) in [7, 11) is -4.29. The molecule has 7 heteroatoms. The van der Waals surface area contributed by atoms with Gasteiger partial charge in [0.05, 0.1) is 17.9 Å². The maximum atomic E-state index is 12.4. The minimum atomic E-state index is -4.29. The summed E-state index contributed by atoms with van der Waals surface area (Å²) < 4.78 is 32.1. The highest BCUT2D eigenvalue weighted by Gasteiger charge is 2.26. The summed E-state index contributed by atoms with van der Waals surface area (Å²) in [5.74, 6) is -0.891. The van der Waals surface area contributed by atoms with Crippen LogP contribution in [0, 0.1) is 0 Å². The average Bonchev–Trinajstić information content (AvgIpc) is 2.92. The molecule has 0 aromatic carbocycles. The van der Waals surface area contributed by atoms with Crippen molar-refractivity contribution in [2.45, 2.75) is 206 Å². The molecule has 2 unspecified atom stereocenters. The number of carbonyl (C=O) groups is 1. The fraction of sp³-hybridized carbons (Fsp3) is 0.971. The molecule has 0 aromatic heterocycles. The highest BCUT2D eigenvalue weighted by molar-refractivity contribution is 7.85. The van der Waals surface area contributed by atoms with E-state index in [0.717, 1.165) is 44.9 Å². The minimum Gasteiger partial charge on any atom is -0.391 e. The van der Waals surface area contributed by atoms with Gasteiger partial charge < -0.3 is 10.4 Å². The molecule has 1 amide bonds. The Hall–Kier alpha value is -0.660. The van der Waals surface area contributed by atoms with Crippen molar-refractivity contribution in [3.63, 3.8) is 0 Å². The van der Waals surface area contributed by atoms with E-state index >= 15 is 0 Å². The highest BCUT2D eigenvalue weighted by Crippen LogP contribution is 2.16. The highest BCUT2D eigenvalue weighted by atomic mass is 32.2. The van der Waals surface area contributed by atoms with E-state index in [-0.39, 0.29) is 5.91 Å². The number of rotatable bonds is 32. The van der Waals surface area contributed by atoms with Crippen molar-refractivity contribution in [1.82, 2.24) is 5.32 Å². The van der Waals surface area contributed by atoms with Crippen LogP contribution in [0.15, 0.2) is 0 Å². The van der Waals surface area contributed by atoms with E-state index < -0.39 is 28.0 Å². The third kappa shape index (κ3) is 30.6. The van der Waals surface area contributed by atoms with Gasteiger partial charge in [-0.05, 0) is 12.8 Å². The van der Waals surface area contributed by atoms with Gasteiger partial charge in [-0.1, -0.05) is 174 Å². The van der Waals surface area contributed by atoms with E-state index in [1.165, 1.54) is 122 Å². The maximum Gasteiger partial charge on any atom is 0.266 e. The van der Waals surface area contributed by atoms with Gasteiger partial charge in [0.25, 0.3) is 10.1 Å².